The lowest BCUT2D eigenvalue weighted by Crippen LogP contribution is -2.22. The first-order valence-electron chi connectivity index (χ1n) is 6.12. The van der Waals surface area contributed by atoms with Gasteiger partial charge in [0.05, 0.1) is 6.33 Å². The molecule has 3 nitrogen and oxygen atoms in total. The van der Waals surface area contributed by atoms with Crippen LogP contribution in [-0.2, 0) is 6.42 Å². The van der Waals surface area contributed by atoms with E-state index in [1.165, 1.54) is 24.1 Å². The van der Waals surface area contributed by atoms with E-state index < -0.39 is 0 Å². The zero-order chi connectivity index (χ0) is 11.7. The quantitative estimate of drug-likeness (QED) is 0.871. The summed E-state index contributed by atoms with van der Waals surface area (Å²) in [6.45, 7) is 0. The number of imidazole rings is 1. The summed E-state index contributed by atoms with van der Waals surface area (Å²) in [6, 6.07) is 8.47. The van der Waals surface area contributed by atoms with Gasteiger partial charge in [0.25, 0.3) is 0 Å². The number of aryl methyl sites for hydroxylation is 1. The molecule has 1 aliphatic carbocycles. The first-order chi connectivity index (χ1) is 8.27. The van der Waals surface area contributed by atoms with E-state index in [1.54, 1.807) is 0 Å². The number of benzene rings is 1. The van der Waals surface area contributed by atoms with Crippen LogP contribution < -0.4 is 5.73 Å². The highest BCUT2D eigenvalue weighted by Gasteiger charge is 2.37. The van der Waals surface area contributed by atoms with Gasteiger partial charge in [-0.05, 0) is 37.3 Å². The number of rotatable bonds is 4. The monoisotopic (exact) mass is 227 g/mol. The molecule has 0 bridgehead atoms. The zero-order valence-corrected chi connectivity index (χ0v) is 9.84. The maximum Gasteiger partial charge on any atom is 0.0991 e. The van der Waals surface area contributed by atoms with Gasteiger partial charge in [-0.25, -0.2) is 4.98 Å². The molecule has 2 aromatic rings. The molecule has 1 saturated carbocycles. The van der Waals surface area contributed by atoms with Gasteiger partial charge >= 0.3 is 0 Å². The lowest BCUT2D eigenvalue weighted by Gasteiger charge is -2.12. The van der Waals surface area contributed by atoms with E-state index in [4.69, 9.17) is 5.73 Å². The molecule has 2 N–H and O–H groups in total. The Hall–Kier alpha value is -1.61. The van der Waals surface area contributed by atoms with Gasteiger partial charge in [0.15, 0.2) is 0 Å². The lowest BCUT2D eigenvalue weighted by atomic mass is 10.0. The van der Waals surface area contributed by atoms with Crippen LogP contribution in [-0.4, -0.2) is 15.1 Å². The van der Waals surface area contributed by atoms with Gasteiger partial charge in [-0.1, -0.05) is 18.2 Å². The number of nitrogens with zero attached hydrogens (tertiary/aromatic N) is 2. The Morgan fingerprint density at radius 1 is 1.29 bits per heavy atom. The Morgan fingerprint density at radius 3 is 2.82 bits per heavy atom. The molecule has 0 atom stereocenters. The Morgan fingerprint density at radius 2 is 2.12 bits per heavy atom. The molecule has 0 saturated heterocycles. The van der Waals surface area contributed by atoms with E-state index in [-0.39, 0.29) is 5.54 Å². The number of hydrogen-bond donors (Lipinski definition) is 1. The predicted molar refractivity (Wildman–Crippen MR) is 68.0 cm³/mol. The molecule has 1 aromatic carbocycles. The molecule has 1 aromatic heterocycles. The molecule has 1 aliphatic rings. The number of nitrogens with two attached hydrogens (primary N) is 1. The summed E-state index contributed by atoms with van der Waals surface area (Å²) in [5, 5.41) is 0. The van der Waals surface area contributed by atoms with Crippen molar-refractivity contribution in [2.24, 2.45) is 5.73 Å². The van der Waals surface area contributed by atoms with Crippen molar-refractivity contribution < 1.29 is 0 Å². The van der Waals surface area contributed by atoms with E-state index in [1.807, 2.05) is 18.7 Å². The van der Waals surface area contributed by atoms with Gasteiger partial charge in [-0.3, -0.25) is 0 Å². The Balaban J connectivity index is 1.83. The second-order valence-electron chi connectivity index (χ2n) is 4.96. The first-order valence-corrected chi connectivity index (χ1v) is 6.12. The molecular formula is C14H17N3. The summed E-state index contributed by atoms with van der Waals surface area (Å²) in [6.07, 6.45) is 10.1. The van der Waals surface area contributed by atoms with E-state index in [2.05, 4.69) is 33.8 Å². The van der Waals surface area contributed by atoms with Crippen LogP contribution in [0, 0.1) is 0 Å². The molecule has 0 amide bonds. The second-order valence-corrected chi connectivity index (χ2v) is 4.96. The Bertz CT molecular complexity index is 498. The first kappa shape index (κ1) is 10.5. The van der Waals surface area contributed by atoms with Crippen LogP contribution in [0.5, 0.6) is 0 Å². The molecule has 17 heavy (non-hydrogen) atoms. The molecule has 0 aliphatic heterocycles. The molecule has 0 radical (unpaired) electrons. The normalized spacial score (nSPS) is 17.0. The number of para-hydroxylation sites is 1. The third-order valence-electron chi connectivity index (χ3n) is 3.56. The summed E-state index contributed by atoms with van der Waals surface area (Å²) in [5.41, 5.74) is 8.84. The van der Waals surface area contributed by atoms with Gasteiger partial charge in [0, 0.05) is 23.6 Å². The van der Waals surface area contributed by atoms with Crippen LogP contribution in [0.1, 0.15) is 24.8 Å². The summed E-state index contributed by atoms with van der Waals surface area (Å²) < 4.78 is 2.06. The smallest absolute Gasteiger partial charge is 0.0991 e. The zero-order valence-electron chi connectivity index (χ0n) is 9.84. The van der Waals surface area contributed by atoms with Crippen LogP contribution in [0.4, 0.5) is 0 Å². The topological polar surface area (TPSA) is 43.8 Å². The van der Waals surface area contributed by atoms with Crippen molar-refractivity contribution in [3.8, 4) is 5.69 Å². The SMILES string of the molecule is NC1(CCc2ccccc2-n2ccnc2)CC1. The third kappa shape index (κ3) is 2.24. The minimum absolute atomic E-state index is 0.127. The fourth-order valence-electron chi connectivity index (χ4n) is 2.17. The van der Waals surface area contributed by atoms with Gasteiger partial charge in [-0.15, -0.1) is 0 Å². The minimum atomic E-state index is 0.127. The summed E-state index contributed by atoms with van der Waals surface area (Å²) in [4.78, 5) is 4.10. The van der Waals surface area contributed by atoms with Gasteiger partial charge in [-0.2, -0.15) is 0 Å². The summed E-state index contributed by atoms with van der Waals surface area (Å²) in [5.74, 6) is 0. The standard InChI is InChI=1S/C14H17N3/c15-14(7-8-14)6-5-12-3-1-2-4-13(12)17-10-9-16-11-17/h1-4,9-11H,5-8,15H2. The molecule has 3 rings (SSSR count). The van der Waals surface area contributed by atoms with Crippen LogP contribution in [0.15, 0.2) is 43.0 Å². The fourth-order valence-corrected chi connectivity index (χ4v) is 2.17. The molecule has 0 unspecified atom stereocenters. The van der Waals surface area contributed by atoms with Gasteiger partial charge < -0.3 is 10.3 Å². The summed E-state index contributed by atoms with van der Waals surface area (Å²) >= 11 is 0. The van der Waals surface area contributed by atoms with Crippen molar-refractivity contribution in [1.29, 1.82) is 0 Å². The van der Waals surface area contributed by atoms with Crippen molar-refractivity contribution in [1.82, 2.24) is 9.55 Å². The van der Waals surface area contributed by atoms with Gasteiger partial charge in [0.1, 0.15) is 0 Å². The highest BCUT2D eigenvalue weighted by molar-refractivity contribution is 5.41. The van der Waals surface area contributed by atoms with Crippen molar-refractivity contribution in [3.63, 3.8) is 0 Å². The highest BCUT2D eigenvalue weighted by atomic mass is 15.0. The Labute approximate surface area is 101 Å². The Kier molecular flexibility index (Phi) is 2.48. The van der Waals surface area contributed by atoms with E-state index in [9.17, 15) is 0 Å². The predicted octanol–water partition coefficient (Wildman–Crippen LogP) is 2.30. The summed E-state index contributed by atoms with van der Waals surface area (Å²) in [7, 11) is 0. The molecule has 1 fully saturated rings. The second kappa shape index (κ2) is 4.00. The van der Waals surface area contributed by atoms with E-state index in [0.29, 0.717) is 0 Å². The van der Waals surface area contributed by atoms with Crippen molar-refractivity contribution in [2.45, 2.75) is 31.2 Å². The molecule has 1 heterocycles. The highest BCUT2D eigenvalue weighted by Crippen LogP contribution is 2.37. The average Bonchev–Trinajstić information content (AvgIpc) is 2.88. The molecule has 3 heteroatoms. The van der Waals surface area contributed by atoms with Gasteiger partial charge in [0.2, 0.25) is 0 Å². The molecule has 88 valence electrons. The van der Waals surface area contributed by atoms with Crippen LogP contribution in [0.3, 0.4) is 0 Å². The number of hydrogen-bond acceptors (Lipinski definition) is 2. The third-order valence-corrected chi connectivity index (χ3v) is 3.56. The van der Waals surface area contributed by atoms with Crippen molar-refractivity contribution in [3.05, 3.63) is 48.5 Å². The minimum Gasteiger partial charge on any atom is -0.325 e. The largest absolute Gasteiger partial charge is 0.325 e. The van der Waals surface area contributed by atoms with E-state index >= 15 is 0 Å². The van der Waals surface area contributed by atoms with Crippen molar-refractivity contribution in [2.75, 3.05) is 0 Å². The maximum atomic E-state index is 6.14. The average molecular weight is 227 g/mol. The number of aromatic nitrogens is 2. The molecule has 0 spiro atoms. The van der Waals surface area contributed by atoms with Crippen molar-refractivity contribution >= 4 is 0 Å². The molecular weight excluding hydrogens is 210 g/mol. The van der Waals surface area contributed by atoms with Crippen LogP contribution >= 0.6 is 0 Å². The van der Waals surface area contributed by atoms with E-state index in [0.717, 1.165) is 12.8 Å². The van der Waals surface area contributed by atoms with Crippen LogP contribution in [0.2, 0.25) is 0 Å². The maximum absolute atomic E-state index is 6.14. The van der Waals surface area contributed by atoms with Crippen LogP contribution in [0.25, 0.3) is 5.69 Å². The fraction of sp³-hybridized carbons (Fsp3) is 0.357. The lowest BCUT2D eigenvalue weighted by molar-refractivity contribution is 0.608.